The van der Waals surface area contributed by atoms with Gasteiger partial charge in [0.05, 0.1) is 0 Å². The largest absolute Gasteiger partial charge is 0.341 e. The second kappa shape index (κ2) is 8.48. The molecule has 1 unspecified atom stereocenters. The van der Waals surface area contributed by atoms with Crippen molar-refractivity contribution in [3.05, 3.63) is 0 Å². The second-order valence-corrected chi connectivity index (χ2v) is 5.52. The molecule has 1 amide bonds. The molecule has 0 aromatic heterocycles. The number of piperidine rings is 1. The molecular formula is C14H29N3O. The zero-order valence-electron chi connectivity index (χ0n) is 12.0. The van der Waals surface area contributed by atoms with Crippen molar-refractivity contribution in [3.63, 3.8) is 0 Å². The summed E-state index contributed by atoms with van der Waals surface area (Å²) in [6.07, 6.45) is 7.42. The van der Waals surface area contributed by atoms with Crippen LogP contribution < -0.4 is 5.73 Å². The Bertz CT molecular complexity index is 245. The van der Waals surface area contributed by atoms with Crippen LogP contribution in [-0.2, 0) is 4.79 Å². The molecule has 4 nitrogen and oxygen atoms in total. The van der Waals surface area contributed by atoms with Crippen LogP contribution in [0.4, 0.5) is 0 Å². The average molecular weight is 255 g/mol. The first kappa shape index (κ1) is 15.4. The van der Waals surface area contributed by atoms with E-state index in [9.17, 15) is 4.79 Å². The van der Waals surface area contributed by atoms with Crippen LogP contribution in [0.5, 0.6) is 0 Å². The Labute approximate surface area is 111 Å². The number of hydrogen-bond acceptors (Lipinski definition) is 3. The van der Waals surface area contributed by atoms with Gasteiger partial charge in [0.15, 0.2) is 0 Å². The Balaban J connectivity index is 2.19. The van der Waals surface area contributed by atoms with E-state index in [4.69, 9.17) is 5.73 Å². The monoisotopic (exact) mass is 255 g/mol. The fourth-order valence-corrected chi connectivity index (χ4v) is 2.61. The zero-order valence-corrected chi connectivity index (χ0v) is 12.0. The topological polar surface area (TPSA) is 49.6 Å². The van der Waals surface area contributed by atoms with E-state index in [2.05, 4.69) is 11.9 Å². The summed E-state index contributed by atoms with van der Waals surface area (Å²) in [7, 11) is 4.10. The maximum absolute atomic E-state index is 12.1. The normalized spacial score (nSPS) is 20.9. The minimum atomic E-state index is 0.308. The molecule has 0 aromatic rings. The zero-order chi connectivity index (χ0) is 13.4. The maximum Gasteiger partial charge on any atom is 0.222 e. The van der Waals surface area contributed by atoms with Crippen LogP contribution in [-0.4, -0.2) is 55.5 Å². The lowest BCUT2D eigenvalue weighted by Crippen LogP contribution is -2.47. The van der Waals surface area contributed by atoms with Crippen molar-refractivity contribution in [2.24, 2.45) is 5.73 Å². The van der Waals surface area contributed by atoms with Gasteiger partial charge in [0.1, 0.15) is 0 Å². The van der Waals surface area contributed by atoms with Gasteiger partial charge in [0.2, 0.25) is 5.91 Å². The van der Waals surface area contributed by atoms with Crippen LogP contribution >= 0.6 is 0 Å². The summed E-state index contributed by atoms with van der Waals surface area (Å²) in [6, 6.07) is 0.417. The van der Waals surface area contributed by atoms with Crippen LogP contribution in [0, 0.1) is 0 Å². The fourth-order valence-electron chi connectivity index (χ4n) is 2.61. The van der Waals surface area contributed by atoms with E-state index in [1.807, 2.05) is 11.9 Å². The first-order valence-electron chi connectivity index (χ1n) is 7.29. The molecule has 0 saturated carbocycles. The van der Waals surface area contributed by atoms with Gasteiger partial charge >= 0.3 is 0 Å². The number of amides is 1. The predicted molar refractivity (Wildman–Crippen MR) is 75.4 cm³/mol. The van der Waals surface area contributed by atoms with Crippen LogP contribution in [0.2, 0.25) is 0 Å². The minimum Gasteiger partial charge on any atom is -0.341 e. The van der Waals surface area contributed by atoms with Gasteiger partial charge in [-0.1, -0.05) is 12.8 Å². The highest BCUT2D eigenvalue weighted by Crippen LogP contribution is 2.15. The molecule has 1 atom stereocenters. The van der Waals surface area contributed by atoms with E-state index in [1.165, 1.54) is 6.42 Å². The van der Waals surface area contributed by atoms with Crippen molar-refractivity contribution in [1.29, 1.82) is 0 Å². The number of hydrogen-bond donors (Lipinski definition) is 1. The van der Waals surface area contributed by atoms with Crippen LogP contribution in [0.25, 0.3) is 0 Å². The van der Waals surface area contributed by atoms with E-state index in [0.717, 1.165) is 51.7 Å². The summed E-state index contributed by atoms with van der Waals surface area (Å²) >= 11 is 0. The summed E-state index contributed by atoms with van der Waals surface area (Å²) < 4.78 is 0. The molecule has 1 heterocycles. The number of nitrogens with zero attached hydrogens (tertiary/aromatic N) is 2. The van der Waals surface area contributed by atoms with Crippen molar-refractivity contribution >= 4 is 5.91 Å². The van der Waals surface area contributed by atoms with E-state index in [0.29, 0.717) is 18.4 Å². The number of likely N-dealkylation sites (tertiary alicyclic amines) is 1. The Hall–Kier alpha value is -0.610. The van der Waals surface area contributed by atoms with Crippen molar-refractivity contribution < 1.29 is 4.79 Å². The van der Waals surface area contributed by atoms with Crippen molar-refractivity contribution in [1.82, 2.24) is 9.80 Å². The molecule has 0 bridgehead atoms. The molecule has 1 rings (SSSR count). The fraction of sp³-hybridized carbons (Fsp3) is 0.929. The molecule has 106 valence electrons. The number of likely N-dealkylation sites (N-methyl/N-ethyl adjacent to an activating group) is 2. The molecule has 1 fully saturated rings. The molecule has 2 N–H and O–H groups in total. The quantitative estimate of drug-likeness (QED) is 0.701. The van der Waals surface area contributed by atoms with Gasteiger partial charge in [-0.15, -0.1) is 0 Å². The van der Waals surface area contributed by atoms with Gasteiger partial charge in [0.25, 0.3) is 0 Å². The van der Waals surface area contributed by atoms with E-state index in [1.54, 1.807) is 0 Å². The molecule has 1 aliphatic heterocycles. The number of carbonyl (C=O) groups excluding carboxylic acids is 1. The van der Waals surface area contributed by atoms with Gasteiger partial charge < -0.3 is 15.5 Å². The molecule has 18 heavy (non-hydrogen) atoms. The lowest BCUT2D eigenvalue weighted by Gasteiger charge is -2.36. The molecule has 0 radical (unpaired) electrons. The Kier molecular flexibility index (Phi) is 7.28. The van der Waals surface area contributed by atoms with Gasteiger partial charge in [-0.25, -0.2) is 0 Å². The van der Waals surface area contributed by atoms with Crippen molar-refractivity contribution in [2.75, 3.05) is 33.7 Å². The summed E-state index contributed by atoms with van der Waals surface area (Å²) in [5.74, 6) is 0.308. The summed E-state index contributed by atoms with van der Waals surface area (Å²) in [5, 5.41) is 0. The van der Waals surface area contributed by atoms with Crippen LogP contribution in [0.15, 0.2) is 0 Å². The van der Waals surface area contributed by atoms with Gasteiger partial charge in [-0.05, 0) is 45.8 Å². The molecule has 4 heteroatoms. The Morgan fingerprint density at radius 3 is 2.72 bits per heavy atom. The molecule has 1 aliphatic rings. The summed E-state index contributed by atoms with van der Waals surface area (Å²) in [5.41, 5.74) is 5.45. The number of unbranched alkanes of at least 4 members (excludes halogenated alkanes) is 3. The molecular weight excluding hydrogens is 226 g/mol. The lowest BCUT2D eigenvalue weighted by atomic mass is 10.0. The molecule has 1 saturated heterocycles. The summed E-state index contributed by atoms with van der Waals surface area (Å²) in [4.78, 5) is 16.4. The second-order valence-electron chi connectivity index (χ2n) is 5.52. The molecule has 0 aliphatic carbocycles. The molecule has 0 aromatic carbocycles. The van der Waals surface area contributed by atoms with Gasteiger partial charge in [0, 0.05) is 26.1 Å². The minimum absolute atomic E-state index is 0.308. The Morgan fingerprint density at radius 2 is 2.06 bits per heavy atom. The SMILES string of the molecule is CN1CCCC(N(C)C(=O)CCCCCCN)C1. The average Bonchev–Trinajstić information content (AvgIpc) is 2.37. The van der Waals surface area contributed by atoms with E-state index >= 15 is 0 Å². The highest BCUT2D eigenvalue weighted by molar-refractivity contribution is 5.76. The van der Waals surface area contributed by atoms with E-state index < -0.39 is 0 Å². The Morgan fingerprint density at radius 1 is 1.33 bits per heavy atom. The van der Waals surface area contributed by atoms with Gasteiger partial charge in [-0.2, -0.15) is 0 Å². The van der Waals surface area contributed by atoms with Crippen molar-refractivity contribution in [3.8, 4) is 0 Å². The first-order valence-corrected chi connectivity index (χ1v) is 7.29. The number of nitrogens with two attached hydrogens (primary N) is 1. The van der Waals surface area contributed by atoms with E-state index in [-0.39, 0.29) is 0 Å². The van der Waals surface area contributed by atoms with Crippen LogP contribution in [0.1, 0.15) is 44.9 Å². The van der Waals surface area contributed by atoms with Crippen LogP contribution in [0.3, 0.4) is 0 Å². The van der Waals surface area contributed by atoms with Gasteiger partial charge in [-0.3, -0.25) is 4.79 Å². The highest BCUT2D eigenvalue weighted by Gasteiger charge is 2.23. The smallest absolute Gasteiger partial charge is 0.222 e. The number of carbonyl (C=O) groups is 1. The first-order chi connectivity index (χ1) is 8.65. The highest BCUT2D eigenvalue weighted by atomic mass is 16.2. The molecule has 0 spiro atoms. The third-order valence-electron chi connectivity index (χ3n) is 3.89. The predicted octanol–water partition coefficient (Wildman–Crippen LogP) is 1.45. The third kappa shape index (κ3) is 5.36. The summed E-state index contributed by atoms with van der Waals surface area (Å²) in [6.45, 7) is 2.95. The number of rotatable bonds is 7. The standard InChI is InChI=1S/C14H29N3O/c1-16-11-7-8-13(12-16)17(2)14(18)9-5-3-4-6-10-15/h13H,3-12,15H2,1-2H3. The van der Waals surface area contributed by atoms with Crippen molar-refractivity contribution in [2.45, 2.75) is 51.0 Å². The maximum atomic E-state index is 12.1. The third-order valence-corrected chi connectivity index (χ3v) is 3.89. The lowest BCUT2D eigenvalue weighted by molar-refractivity contribution is -0.133.